The van der Waals surface area contributed by atoms with Crippen molar-refractivity contribution >= 4 is 32.8 Å². The molecule has 0 bridgehead atoms. The Morgan fingerprint density at radius 1 is 1.24 bits per heavy atom. The van der Waals surface area contributed by atoms with Crippen LogP contribution < -0.4 is 10.5 Å². The van der Waals surface area contributed by atoms with E-state index in [1.807, 2.05) is 36.6 Å². The third-order valence-corrected chi connectivity index (χ3v) is 4.20. The van der Waals surface area contributed by atoms with Crippen LogP contribution in [-0.2, 0) is 0 Å². The first-order valence-corrected chi connectivity index (χ1v) is 7.26. The summed E-state index contributed by atoms with van der Waals surface area (Å²) < 4.78 is 8.50. The summed E-state index contributed by atoms with van der Waals surface area (Å²) in [6.07, 6.45) is 1.48. The Morgan fingerprint density at radius 2 is 2.00 bits per heavy atom. The largest absolute Gasteiger partial charge is 0.495 e. The number of hydrogen-bond acceptors (Lipinski definition) is 4. The molecule has 0 spiro atoms. The van der Waals surface area contributed by atoms with E-state index in [2.05, 4.69) is 25.9 Å². The van der Waals surface area contributed by atoms with E-state index in [1.54, 1.807) is 7.11 Å². The lowest BCUT2D eigenvalue weighted by atomic mass is 10.2. The second-order valence-electron chi connectivity index (χ2n) is 4.82. The highest BCUT2D eigenvalue weighted by atomic mass is 79.9. The van der Waals surface area contributed by atoms with Gasteiger partial charge in [-0.2, -0.15) is 0 Å². The molecule has 2 heterocycles. The number of rotatable bonds is 2. The van der Waals surface area contributed by atoms with E-state index in [9.17, 15) is 0 Å². The summed E-state index contributed by atoms with van der Waals surface area (Å²) in [6, 6.07) is 5.87. The molecule has 0 aliphatic heterocycles. The highest BCUT2D eigenvalue weighted by Gasteiger charge is 2.18. The summed E-state index contributed by atoms with van der Waals surface area (Å²) in [5.74, 6) is 1.27. The zero-order valence-corrected chi connectivity index (χ0v) is 13.6. The SMILES string of the molecule is COc1ccc(Br)cc1-n1c(C)c(C)c2c(N)ncnc21. The third kappa shape index (κ3) is 2.06. The van der Waals surface area contributed by atoms with Gasteiger partial charge in [-0.15, -0.1) is 0 Å². The second kappa shape index (κ2) is 5.04. The van der Waals surface area contributed by atoms with E-state index >= 15 is 0 Å². The number of hydrogen-bond donors (Lipinski definition) is 1. The fourth-order valence-corrected chi connectivity index (χ4v) is 2.91. The predicted molar refractivity (Wildman–Crippen MR) is 87.0 cm³/mol. The van der Waals surface area contributed by atoms with Crippen molar-refractivity contribution in [2.75, 3.05) is 12.8 Å². The fraction of sp³-hybridized carbons (Fsp3) is 0.200. The summed E-state index contributed by atoms with van der Waals surface area (Å²) in [5.41, 5.74) is 9.85. The molecular weight excluding hydrogens is 332 g/mol. The number of methoxy groups -OCH3 is 1. The number of nitrogens with two attached hydrogens (primary N) is 1. The Kier molecular flexibility index (Phi) is 3.33. The molecule has 0 aliphatic carbocycles. The van der Waals surface area contributed by atoms with Crippen LogP contribution in [-0.4, -0.2) is 21.6 Å². The van der Waals surface area contributed by atoms with Gasteiger partial charge in [-0.05, 0) is 37.6 Å². The van der Waals surface area contributed by atoms with Gasteiger partial charge in [0.15, 0.2) is 5.65 Å². The molecule has 0 unspecified atom stereocenters. The van der Waals surface area contributed by atoms with Crippen LogP contribution in [0.3, 0.4) is 0 Å². The molecule has 0 saturated carbocycles. The second-order valence-corrected chi connectivity index (χ2v) is 5.74. The van der Waals surface area contributed by atoms with Crippen LogP contribution in [0.15, 0.2) is 29.0 Å². The number of fused-ring (bicyclic) bond motifs is 1. The summed E-state index contributed by atoms with van der Waals surface area (Å²) in [4.78, 5) is 8.50. The Balaban J connectivity index is 2.44. The van der Waals surface area contributed by atoms with E-state index in [1.165, 1.54) is 6.33 Å². The fourth-order valence-electron chi connectivity index (χ4n) is 2.56. The van der Waals surface area contributed by atoms with Crippen LogP contribution in [0.25, 0.3) is 16.7 Å². The summed E-state index contributed by atoms with van der Waals surface area (Å²) in [7, 11) is 1.66. The topological polar surface area (TPSA) is 66.0 Å². The van der Waals surface area contributed by atoms with E-state index in [0.717, 1.165) is 38.2 Å². The highest BCUT2D eigenvalue weighted by Crippen LogP contribution is 2.34. The van der Waals surface area contributed by atoms with Gasteiger partial charge in [-0.3, -0.25) is 4.57 Å². The Morgan fingerprint density at radius 3 is 2.71 bits per heavy atom. The predicted octanol–water partition coefficient (Wildman–Crippen LogP) is 3.39. The molecule has 0 aliphatic rings. The lowest BCUT2D eigenvalue weighted by molar-refractivity contribution is 0.413. The molecule has 5 nitrogen and oxygen atoms in total. The lowest BCUT2D eigenvalue weighted by Crippen LogP contribution is -2.02. The third-order valence-electron chi connectivity index (χ3n) is 3.70. The molecule has 2 N–H and O–H groups in total. The number of halogens is 1. The van der Waals surface area contributed by atoms with Crippen LogP contribution in [0.1, 0.15) is 11.3 Å². The zero-order chi connectivity index (χ0) is 15.1. The minimum Gasteiger partial charge on any atom is -0.495 e. The molecule has 2 aromatic heterocycles. The maximum Gasteiger partial charge on any atom is 0.150 e. The number of anilines is 1. The number of aryl methyl sites for hydroxylation is 1. The smallest absolute Gasteiger partial charge is 0.150 e. The number of nitrogen functional groups attached to an aromatic ring is 1. The highest BCUT2D eigenvalue weighted by molar-refractivity contribution is 9.10. The van der Waals surface area contributed by atoms with E-state index in [0.29, 0.717) is 5.82 Å². The van der Waals surface area contributed by atoms with Crippen molar-refractivity contribution < 1.29 is 4.74 Å². The Labute approximate surface area is 130 Å². The molecule has 0 atom stereocenters. The molecule has 108 valence electrons. The number of nitrogens with zero attached hydrogens (tertiary/aromatic N) is 3. The molecule has 3 aromatic rings. The van der Waals surface area contributed by atoms with E-state index in [-0.39, 0.29) is 0 Å². The molecule has 0 radical (unpaired) electrons. The molecule has 0 fully saturated rings. The summed E-state index contributed by atoms with van der Waals surface area (Å²) in [6.45, 7) is 4.06. The van der Waals surface area contributed by atoms with Crippen molar-refractivity contribution in [2.24, 2.45) is 0 Å². The first-order valence-electron chi connectivity index (χ1n) is 6.46. The van der Waals surface area contributed by atoms with Crippen LogP contribution in [0.5, 0.6) is 5.75 Å². The summed E-state index contributed by atoms with van der Waals surface area (Å²) >= 11 is 3.51. The van der Waals surface area contributed by atoms with Crippen molar-refractivity contribution in [2.45, 2.75) is 13.8 Å². The van der Waals surface area contributed by atoms with Gasteiger partial charge >= 0.3 is 0 Å². The summed E-state index contributed by atoms with van der Waals surface area (Å²) in [5, 5.41) is 0.886. The van der Waals surface area contributed by atoms with Gasteiger partial charge < -0.3 is 10.5 Å². The zero-order valence-electron chi connectivity index (χ0n) is 12.0. The van der Waals surface area contributed by atoms with Crippen molar-refractivity contribution in [1.82, 2.24) is 14.5 Å². The maximum absolute atomic E-state index is 6.01. The first-order chi connectivity index (χ1) is 10.0. The minimum atomic E-state index is 0.494. The number of aromatic nitrogens is 3. The molecule has 1 aromatic carbocycles. The molecule has 21 heavy (non-hydrogen) atoms. The van der Waals surface area contributed by atoms with E-state index < -0.39 is 0 Å². The Bertz CT molecular complexity index is 841. The average Bonchev–Trinajstić information content (AvgIpc) is 2.72. The molecule has 0 amide bonds. The van der Waals surface area contributed by atoms with E-state index in [4.69, 9.17) is 10.5 Å². The van der Waals surface area contributed by atoms with Crippen molar-refractivity contribution in [1.29, 1.82) is 0 Å². The quantitative estimate of drug-likeness (QED) is 0.772. The monoisotopic (exact) mass is 346 g/mol. The van der Waals surface area contributed by atoms with Gasteiger partial charge in [-0.25, -0.2) is 9.97 Å². The number of benzene rings is 1. The first kappa shape index (κ1) is 13.9. The average molecular weight is 347 g/mol. The van der Waals surface area contributed by atoms with Gasteiger partial charge in [0.05, 0.1) is 18.2 Å². The van der Waals surface area contributed by atoms with Crippen LogP contribution in [0.2, 0.25) is 0 Å². The van der Waals surface area contributed by atoms with Gasteiger partial charge in [0.2, 0.25) is 0 Å². The van der Waals surface area contributed by atoms with Gasteiger partial charge in [-0.1, -0.05) is 15.9 Å². The van der Waals surface area contributed by atoms with Crippen LogP contribution in [0.4, 0.5) is 5.82 Å². The van der Waals surface area contributed by atoms with Gasteiger partial charge in [0.25, 0.3) is 0 Å². The standard InChI is InChI=1S/C15H15BrN4O/c1-8-9(2)20(15-13(8)14(17)18-7-19-15)11-6-10(16)4-5-12(11)21-3/h4-7H,1-3H3,(H2,17,18,19). The van der Waals surface area contributed by atoms with Crippen molar-refractivity contribution in [3.05, 3.63) is 40.3 Å². The van der Waals surface area contributed by atoms with Crippen molar-refractivity contribution in [3.63, 3.8) is 0 Å². The van der Waals surface area contributed by atoms with Crippen LogP contribution >= 0.6 is 15.9 Å². The molecule has 6 heteroatoms. The lowest BCUT2D eigenvalue weighted by Gasteiger charge is -2.13. The Hall–Kier alpha value is -2.08. The van der Waals surface area contributed by atoms with Gasteiger partial charge in [0.1, 0.15) is 17.9 Å². The molecule has 3 rings (SSSR count). The van der Waals surface area contributed by atoms with Gasteiger partial charge in [0, 0.05) is 10.2 Å². The maximum atomic E-state index is 6.01. The normalized spacial score (nSPS) is 11.0. The van der Waals surface area contributed by atoms with Crippen molar-refractivity contribution in [3.8, 4) is 11.4 Å². The number of ether oxygens (including phenoxy) is 1. The minimum absolute atomic E-state index is 0.494. The molecule has 0 saturated heterocycles. The molecular formula is C15H15BrN4O. The van der Waals surface area contributed by atoms with Crippen LogP contribution in [0, 0.1) is 13.8 Å².